The first-order valence-corrected chi connectivity index (χ1v) is 7.71. The van der Waals surface area contributed by atoms with Crippen molar-refractivity contribution in [1.82, 2.24) is 10.3 Å². The van der Waals surface area contributed by atoms with Crippen molar-refractivity contribution in [3.63, 3.8) is 0 Å². The maximum atomic E-state index is 12.0. The van der Waals surface area contributed by atoms with Gasteiger partial charge >= 0.3 is 5.97 Å². The first kappa shape index (κ1) is 16.2. The van der Waals surface area contributed by atoms with E-state index in [0.717, 1.165) is 5.76 Å². The van der Waals surface area contributed by atoms with Crippen LogP contribution in [0.4, 0.5) is 0 Å². The van der Waals surface area contributed by atoms with Crippen molar-refractivity contribution >= 4 is 23.2 Å². The average Bonchev–Trinajstić information content (AvgIpc) is 3.06. The molecule has 0 unspecified atom stereocenters. The number of hydrogen-bond donors (Lipinski definition) is 2. The Morgan fingerprint density at radius 1 is 1.41 bits per heavy atom. The summed E-state index contributed by atoms with van der Waals surface area (Å²) in [5.41, 5.74) is -0.561. The lowest BCUT2D eigenvalue weighted by atomic mass is 9.90. The van der Waals surface area contributed by atoms with Crippen molar-refractivity contribution in [2.75, 3.05) is 6.54 Å². The highest BCUT2D eigenvalue weighted by molar-refractivity contribution is 7.13. The van der Waals surface area contributed by atoms with Gasteiger partial charge in [0.15, 0.2) is 10.8 Å². The predicted molar refractivity (Wildman–Crippen MR) is 82.9 cm³/mol. The molecule has 0 radical (unpaired) electrons. The number of furan rings is 1. The molecule has 118 valence electrons. The van der Waals surface area contributed by atoms with E-state index in [9.17, 15) is 9.59 Å². The molecule has 7 heteroatoms. The average molecular weight is 322 g/mol. The molecule has 0 fully saturated rings. The summed E-state index contributed by atoms with van der Waals surface area (Å²) in [5.74, 6) is 0.221. The molecule has 2 aromatic rings. The van der Waals surface area contributed by atoms with E-state index in [4.69, 9.17) is 9.52 Å². The van der Waals surface area contributed by atoms with Crippen LogP contribution in [0.25, 0.3) is 10.8 Å². The van der Waals surface area contributed by atoms with Crippen molar-refractivity contribution in [2.24, 2.45) is 5.41 Å². The van der Waals surface area contributed by atoms with Crippen molar-refractivity contribution in [2.45, 2.75) is 27.2 Å². The Kier molecular flexibility index (Phi) is 4.65. The van der Waals surface area contributed by atoms with Crippen LogP contribution in [0.3, 0.4) is 0 Å². The third-order valence-electron chi connectivity index (χ3n) is 3.30. The van der Waals surface area contributed by atoms with Gasteiger partial charge in [-0.05, 0) is 39.3 Å². The summed E-state index contributed by atoms with van der Waals surface area (Å²) in [7, 11) is 0. The molecule has 0 aliphatic heterocycles. The van der Waals surface area contributed by atoms with Crippen molar-refractivity contribution in [1.29, 1.82) is 0 Å². The van der Waals surface area contributed by atoms with Gasteiger partial charge in [0.25, 0.3) is 5.91 Å². The lowest BCUT2D eigenvalue weighted by Crippen LogP contribution is -2.32. The Hall–Kier alpha value is -2.15. The number of nitrogens with zero attached hydrogens (tertiary/aromatic N) is 1. The van der Waals surface area contributed by atoms with Crippen LogP contribution in [0.1, 0.15) is 36.5 Å². The van der Waals surface area contributed by atoms with Gasteiger partial charge in [-0.2, -0.15) is 0 Å². The molecule has 0 bridgehead atoms. The van der Waals surface area contributed by atoms with Crippen LogP contribution >= 0.6 is 11.3 Å². The van der Waals surface area contributed by atoms with Crippen LogP contribution in [0.15, 0.2) is 21.9 Å². The molecule has 6 nitrogen and oxygen atoms in total. The van der Waals surface area contributed by atoms with Crippen LogP contribution < -0.4 is 5.32 Å². The fraction of sp³-hybridized carbons (Fsp3) is 0.400. The monoisotopic (exact) mass is 322 g/mol. The van der Waals surface area contributed by atoms with E-state index in [1.807, 2.05) is 19.1 Å². The van der Waals surface area contributed by atoms with Gasteiger partial charge < -0.3 is 14.8 Å². The van der Waals surface area contributed by atoms with E-state index in [2.05, 4.69) is 10.3 Å². The largest absolute Gasteiger partial charge is 0.481 e. The maximum Gasteiger partial charge on any atom is 0.309 e. The first-order valence-electron chi connectivity index (χ1n) is 6.83. The summed E-state index contributed by atoms with van der Waals surface area (Å²) in [6.07, 6.45) is 0.350. The summed E-state index contributed by atoms with van der Waals surface area (Å²) in [6.45, 7) is 5.38. The number of aliphatic carboxylic acids is 1. The highest BCUT2D eigenvalue weighted by atomic mass is 32.1. The number of carboxylic acids is 1. The molecule has 0 atom stereocenters. The number of carboxylic acid groups (broad SMARTS) is 1. The van der Waals surface area contributed by atoms with Gasteiger partial charge in [0.2, 0.25) is 0 Å². The number of aryl methyl sites for hydroxylation is 1. The molecule has 2 heterocycles. The predicted octanol–water partition coefficient (Wildman–Crippen LogP) is 2.94. The van der Waals surface area contributed by atoms with E-state index in [-0.39, 0.29) is 12.5 Å². The Labute approximate surface area is 132 Å². The van der Waals surface area contributed by atoms with E-state index in [1.54, 1.807) is 19.2 Å². The molecule has 2 aromatic heterocycles. The smallest absolute Gasteiger partial charge is 0.309 e. The second kappa shape index (κ2) is 6.31. The summed E-state index contributed by atoms with van der Waals surface area (Å²) >= 11 is 1.33. The van der Waals surface area contributed by atoms with Crippen molar-refractivity contribution in [3.8, 4) is 10.8 Å². The zero-order chi connectivity index (χ0) is 16.3. The summed E-state index contributed by atoms with van der Waals surface area (Å²) in [5, 5.41) is 14.0. The number of hydrogen-bond acceptors (Lipinski definition) is 5. The van der Waals surface area contributed by atoms with Gasteiger partial charge in [-0.15, -0.1) is 11.3 Å². The van der Waals surface area contributed by atoms with E-state index in [0.29, 0.717) is 22.9 Å². The third kappa shape index (κ3) is 3.73. The molecule has 0 saturated carbocycles. The molecule has 0 aliphatic rings. The summed E-state index contributed by atoms with van der Waals surface area (Å²) < 4.78 is 5.47. The fourth-order valence-corrected chi connectivity index (χ4v) is 2.49. The Balaban J connectivity index is 1.94. The Bertz CT molecular complexity index is 687. The standard InChI is InChI=1S/C15H18N2O4S/c1-9-4-5-11(21-9)13-17-10(8-22-13)12(18)16-7-6-15(2,3)14(19)20/h4-5,8H,6-7H2,1-3H3,(H,16,18)(H,19,20). The molecule has 0 aliphatic carbocycles. The number of amides is 1. The number of thiazole rings is 1. The van der Waals surface area contributed by atoms with E-state index < -0.39 is 11.4 Å². The number of carbonyl (C=O) groups is 2. The maximum absolute atomic E-state index is 12.0. The van der Waals surface area contributed by atoms with Gasteiger partial charge in [0.1, 0.15) is 11.5 Å². The topological polar surface area (TPSA) is 92.4 Å². The minimum Gasteiger partial charge on any atom is -0.481 e. The second-order valence-electron chi connectivity index (χ2n) is 5.64. The van der Waals surface area contributed by atoms with Crippen molar-refractivity contribution in [3.05, 3.63) is 29.0 Å². The van der Waals surface area contributed by atoms with E-state index >= 15 is 0 Å². The lowest BCUT2D eigenvalue weighted by molar-refractivity contribution is -0.147. The molecule has 22 heavy (non-hydrogen) atoms. The number of aromatic nitrogens is 1. The lowest BCUT2D eigenvalue weighted by Gasteiger charge is -2.18. The van der Waals surface area contributed by atoms with Crippen LogP contribution in [0.2, 0.25) is 0 Å². The third-order valence-corrected chi connectivity index (χ3v) is 4.16. The first-order chi connectivity index (χ1) is 10.3. The summed E-state index contributed by atoms with van der Waals surface area (Å²) in [6, 6.07) is 3.65. The molecule has 2 N–H and O–H groups in total. The minimum atomic E-state index is -0.883. The van der Waals surface area contributed by atoms with Gasteiger partial charge in [-0.25, -0.2) is 4.98 Å². The van der Waals surface area contributed by atoms with Gasteiger partial charge in [-0.1, -0.05) is 0 Å². The number of rotatable bonds is 6. The number of nitrogens with one attached hydrogen (secondary N) is 1. The van der Waals surface area contributed by atoms with Crippen LogP contribution in [0, 0.1) is 12.3 Å². The van der Waals surface area contributed by atoms with Crippen LogP contribution in [0.5, 0.6) is 0 Å². The normalized spacial score (nSPS) is 11.4. The molecule has 0 saturated heterocycles. The molecule has 0 aromatic carbocycles. The molecule has 2 rings (SSSR count). The number of carbonyl (C=O) groups excluding carboxylic acids is 1. The SMILES string of the molecule is Cc1ccc(-c2nc(C(=O)NCCC(C)(C)C(=O)O)cs2)o1. The van der Waals surface area contributed by atoms with Gasteiger partial charge in [0, 0.05) is 11.9 Å². The minimum absolute atomic E-state index is 0.283. The second-order valence-corrected chi connectivity index (χ2v) is 6.50. The quantitative estimate of drug-likeness (QED) is 0.853. The molecule has 0 spiro atoms. The van der Waals surface area contributed by atoms with Gasteiger partial charge in [-0.3, -0.25) is 9.59 Å². The zero-order valence-electron chi connectivity index (χ0n) is 12.7. The summed E-state index contributed by atoms with van der Waals surface area (Å²) in [4.78, 5) is 27.2. The van der Waals surface area contributed by atoms with Crippen LogP contribution in [-0.4, -0.2) is 28.5 Å². The molecular formula is C15H18N2O4S. The van der Waals surface area contributed by atoms with Crippen molar-refractivity contribution < 1.29 is 19.1 Å². The highest BCUT2D eigenvalue weighted by Gasteiger charge is 2.26. The van der Waals surface area contributed by atoms with E-state index in [1.165, 1.54) is 11.3 Å². The highest BCUT2D eigenvalue weighted by Crippen LogP contribution is 2.25. The molecule has 1 amide bonds. The zero-order valence-corrected chi connectivity index (χ0v) is 13.5. The Morgan fingerprint density at radius 2 is 2.14 bits per heavy atom. The fourth-order valence-electron chi connectivity index (χ4n) is 1.73. The van der Waals surface area contributed by atoms with Crippen LogP contribution in [-0.2, 0) is 4.79 Å². The molecular weight excluding hydrogens is 304 g/mol. The Morgan fingerprint density at radius 3 is 2.73 bits per heavy atom. The van der Waals surface area contributed by atoms with Gasteiger partial charge in [0.05, 0.1) is 5.41 Å².